The van der Waals surface area contributed by atoms with E-state index >= 15 is 0 Å². The molecular weight excluding hydrogens is 344 g/mol. The zero-order valence-corrected chi connectivity index (χ0v) is 16.1. The average molecular weight is 373 g/mol. The molecule has 0 bridgehead atoms. The van der Waals surface area contributed by atoms with E-state index in [0.29, 0.717) is 0 Å². The van der Waals surface area contributed by atoms with E-state index in [1.165, 1.54) is 6.92 Å². The van der Waals surface area contributed by atoms with Crippen molar-refractivity contribution in [2.75, 3.05) is 19.8 Å². The van der Waals surface area contributed by atoms with Crippen LogP contribution >= 0.6 is 8.03 Å². The largest absolute Gasteiger partial charge is 0.444 e. The molecule has 0 saturated heterocycles. The van der Waals surface area contributed by atoms with E-state index in [1.54, 1.807) is 34.6 Å². The Hall–Kier alpha value is -0.730. The predicted octanol–water partition coefficient (Wildman–Crippen LogP) is 2.41. The quantitative estimate of drug-likeness (QED) is 0.448. The second-order valence-corrected chi connectivity index (χ2v) is 7.74. The minimum Gasteiger partial charge on any atom is -0.444 e. The first-order valence-electron chi connectivity index (χ1n) is 7.73. The van der Waals surface area contributed by atoms with Gasteiger partial charge in [-0.05, 0) is 41.5 Å². The Balaban J connectivity index is 4.50. The molecule has 24 heavy (non-hydrogen) atoms. The molecule has 0 heterocycles. The van der Waals surface area contributed by atoms with Crippen molar-refractivity contribution in [3.8, 4) is 0 Å². The zero-order chi connectivity index (χ0) is 19.0. The third-order valence-corrected chi connectivity index (χ3v) is 4.06. The van der Waals surface area contributed by atoms with Gasteiger partial charge in [0.25, 0.3) is 8.03 Å². The summed E-state index contributed by atoms with van der Waals surface area (Å²) in [6.45, 7) is 9.61. The monoisotopic (exact) mass is 373 g/mol. The number of nitrogens with one attached hydrogen (secondary N) is 1. The van der Waals surface area contributed by atoms with Crippen LogP contribution in [0.4, 0.5) is 9.18 Å². The van der Waals surface area contributed by atoms with Crippen molar-refractivity contribution in [3.63, 3.8) is 0 Å². The highest BCUT2D eigenvalue weighted by atomic mass is 31.1. The lowest BCUT2D eigenvalue weighted by atomic mass is 10.2. The smallest absolute Gasteiger partial charge is 0.407 e. The summed E-state index contributed by atoms with van der Waals surface area (Å²) in [4.78, 5) is 11.4. The van der Waals surface area contributed by atoms with Crippen LogP contribution in [0.25, 0.3) is 0 Å². The summed E-state index contributed by atoms with van der Waals surface area (Å²) in [6, 6.07) is 0. The number of aliphatic hydroxyl groups excluding tert-OH is 1. The molecule has 10 heteroatoms. The molecule has 1 amide bonds. The fraction of sp³-hybridized carbons (Fsp3) is 0.929. The van der Waals surface area contributed by atoms with Crippen molar-refractivity contribution >= 4 is 14.1 Å². The third-order valence-electron chi connectivity index (χ3n) is 2.59. The van der Waals surface area contributed by atoms with Gasteiger partial charge in [-0.15, -0.1) is 0 Å². The molecule has 0 rings (SSSR count). The van der Waals surface area contributed by atoms with Gasteiger partial charge in [0.1, 0.15) is 11.7 Å². The number of rotatable bonds is 10. The Morgan fingerprint density at radius 1 is 1.21 bits per heavy atom. The van der Waals surface area contributed by atoms with Gasteiger partial charge in [-0.25, -0.2) is 9.18 Å². The summed E-state index contributed by atoms with van der Waals surface area (Å²) in [7, 11) is -3.14. The molecule has 0 aromatic rings. The van der Waals surface area contributed by atoms with Crippen molar-refractivity contribution in [3.05, 3.63) is 0 Å². The van der Waals surface area contributed by atoms with Gasteiger partial charge in [0.05, 0.1) is 6.54 Å². The highest BCUT2D eigenvalue weighted by Crippen LogP contribution is 2.43. The lowest BCUT2D eigenvalue weighted by molar-refractivity contribution is -0.170. The van der Waals surface area contributed by atoms with Gasteiger partial charge in [0, 0.05) is 13.2 Å². The topological polar surface area (TPSA) is 103 Å². The number of ether oxygens (including phenoxy) is 3. The van der Waals surface area contributed by atoms with E-state index in [1.807, 2.05) is 0 Å². The Morgan fingerprint density at radius 2 is 1.71 bits per heavy atom. The second-order valence-electron chi connectivity index (χ2n) is 6.02. The molecular formula is C14H29FNO7P. The summed E-state index contributed by atoms with van der Waals surface area (Å²) >= 11 is 0. The van der Waals surface area contributed by atoms with E-state index in [0.717, 1.165) is 0 Å². The molecule has 0 fully saturated rings. The van der Waals surface area contributed by atoms with Crippen molar-refractivity contribution in [2.45, 2.75) is 65.1 Å². The molecule has 0 saturated carbocycles. The first-order valence-corrected chi connectivity index (χ1v) is 9.04. The molecule has 144 valence electrons. The number of hydrogen-bond acceptors (Lipinski definition) is 7. The Bertz CT molecular complexity index is 410. The molecule has 3 atom stereocenters. The summed E-state index contributed by atoms with van der Waals surface area (Å²) in [5.74, 6) is 0. The summed E-state index contributed by atoms with van der Waals surface area (Å²) in [5.41, 5.74) is -2.31. The van der Waals surface area contributed by atoms with Gasteiger partial charge in [-0.2, -0.15) is 0 Å². The molecule has 0 spiro atoms. The van der Waals surface area contributed by atoms with Crippen LogP contribution in [0.5, 0.6) is 0 Å². The zero-order valence-electron chi connectivity index (χ0n) is 15.1. The van der Waals surface area contributed by atoms with E-state index in [-0.39, 0.29) is 13.2 Å². The molecule has 8 nitrogen and oxygen atoms in total. The number of alkyl halides is 1. The number of hydrogen-bond donors (Lipinski definition) is 2. The minimum atomic E-state index is -3.14. The van der Waals surface area contributed by atoms with Gasteiger partial charge in [-0.1, -0.05) is 0 Å². The van der Waals surface area contributed by atoms with E-state index < -0.39 is 44.3 Å². The number of alkyl carbamates (subject to hydrolysis) is 1. The summed E-state index contributed by atoms with van der Waals surface area (Å²) in [6.07, 6.45) is -4.82. The van der Waals surface area contributed by atoms with Gasteiger partial charge >= 0.3 is 6.09 Å². The molecule has 3 unspecified atom stereocenters. The van der Waals surface area contributed by atoms with Gasteiger partial charge in [-0.3, -0.25) is 9.09 Å². The normalized spacial score (nSPS) is 16.3. The molecule has 0 aliphatic rings. The van der Waals surface area contributed by atoms with Crippen LogP contribution in [0.3, 0.4) is 0 Å². The number of halogens is 1. The summed E-state index contributed by atoms with van der Waals surface area (Å²) in [5, 5.41) is 11.9. The number of carbonyl (C=O) groups is 1. The number of amides is 1. The maximum absolute atomic E-state index is 13.9. The Morgan fingerprint density at radius 3 is 2.12 bits per heavy atom. The third kappa shape index (κ3) is 8.94. The SMILES string of the molecule is CCOC(C)(OCC)[PH](=O)OC(F)C(O)CNC(=O)OC(C)(C)C. The van der Waals surface area contributed by atoms with Gasteiger partial charge in [0.15, 0.2) is 0 Å². The maximum Gasteiger partial charge on any atom is 0.407 e. The molecule has 0 aliphatic heterocycles. The first-order chi connectivity index (χ1) is 10.9. The van der Waals surface area contributed by atoms with Crippen molar-refractivity contribution in [2.24, 2.45) is 0 Å². The Labute approximate surface area is 142 Å². The average Bonchev–Trinajstić information content (AvgIpc) is 2.43. The van der Waals surface area contributed by atoms with Gasteiger partial charge < -0.3 is 24.6 Å². The van der Waals surface area contributed by atoms with E-state index in [2.05, 4.69) is 5.32 Å². The van der Waals surface area contributed by atoms with Crippen molar-refractivity contribution < 1.29 is 37.6 Å². The molecule has 0 aromatic carbocycles. The molecule has 0 radical (unpaired) electrons. The van der Waals surface area contributed by atoms with Crippen LogP contribution in [0.2, 0.25) is 0 Å². The maximum atomic E-state index is 13.9. The fourth-order valence-corrected chi connectivity index (χ4v) is 2.69. The molecule has 2 N–H and O–H groups in total. The van der Waals surface area contributed by atoms with Crippen LogP contribution in [-0.4, -0.2) is 54.5 Å². The Kier molecular flexibility index (Phi) is 9.99. The fourth-order valence-electron chi connectivity index (χ4n) is 1.59. The highest BCUT2D eigenvalue weighted by Gasteiger charge is 2.37. The number of aliphatic hydroxyl groups is 1. The minimum absolute atomic E-state index is 0.190. The predicted molar refractivity (Wildman–Crippen MR) is 86.9 cm³/mol. The van der Waals surface area contributed by atoms with Crippen LogP contribution in [-0.2, 0) is 23.3 Å². The van der Waals surface area contributed by atoms with Crippen molar-refractivity contribution in [1.29, 1.82) is 0 Å². The van der Waals surface area contributed by atoms with Crippen LogP contribution in [0.1, 0.15) is 41.5 Å². The second kappa shape index (κ2) is 10.3. The van der Waals surface area contributed by atoms with Crippen LogP contribution in [0, 0.1) is 0 Å². The molecule has 0 aliphatic carbocycles. The number of carbonyl (C=O) groups excluding carboxylic acids is 1. The highest BCUT2D eigenvalue weighted by molar-refractivity contribution is 7.40. The van der Waals surface area contributed by atoms with E-state index in [9.17, 15) is 18.9 Å². The lowest BCUT2D eigenvalue weighted by Crippen LogP contribution is -2.41. The standard InChI is InChI=1S/C14H29FNO7P/c1-7-20-14(6,21-8-2)24(19)23-11(15)10(17)9-16-12(18)22-13(3,4)5/h10-11,17,24H,7-9H2,1-6H3,(H,16,18). The van der Waals surface area contributed by atoms with Crippen LogP contribution in [0.15, 0.2) is 0 Å². The van der Waals surface area contributed by atoms with Crippen LogP contribution < -0.4 is 5.32 Å². The van der Waals surface area contributed by atoms with Crippen molar-refractivity contribution in [1.82, 2.24) is 5.32 Å². The van der Waals surface area contributed by atoms with E-state index in [4.69, 9.17) is 18.7 Å². The summed E-state index contributed by atoms with van der Waals surface area (Å²) < 4.78 is 46.1. The first kappa shape index (κ1) is 23.3. The lowest BCUT2D eigenvalue weighted by Gasteiger charge is -2.29. The van der Waals surface area contributed by atoms with Gasteiger partial charge in [0.2, 0.25) is 11.9 Å². The molecule has 0 aromatic heterocycles.